The van der Waals surface area contributed by atoms with Crippen LogP contribution in [0.2, 0.25) is 0 Å². The third kappa shape index (κ3) is 3.15. The summed E-state index contributed by atoms with van der Waals surface area (Å²) < 4.78 is 0. The smallest absolute Gasteiger partial charge is 0.185 e. The molecule has 14 heavy (non-hydrogen) atoms. The number of hydrogen-bond acceptors (Lipinski definition) is 5. The predicted octanol–water partition coefficient (Wildman–Crippen LogP) is 2.00. The average molecular weight is 232 g/mol. The van der Waals surface area contributed by atoms with E-state index in [1.54, 1.807) is 24.5 Å². The maximum atomic E-state index is 9.34. The van der Waals surface area contributed by atoms with Crippen molar-refractivity contribution in [3.63, 3.8) is 0 Å². The molecular formula is C9H16N2OS2. The zero-order valence-electron chi connectivity index (χ0n) is 8.73. The van der Waals surface area contributed by atoms with Crippen molar-refractivity contribution in [3.05, 3.63) is 11.1 Å². The normalized spacial score (nSPS) is 12.9. The summed E-state index contributed by atoms with van der Waals surface area (Å²) in [7, 11) is 2.03. The lowest BCUT2D eigenvalue weighted by atomic mass is 10.4. The maximum absolute atomic E-state index is 9.34. The van der Waals surface area contributed by atoms with Crippen molar-refractivity contribution >= 4 is 28.2 Å². The van der Waals surface area contributed by atoms with Crippen LogP contribution in [0.1, 0.15) is 17.9 Å². The van der Waals surface area contributed by atoms with Gasteiger partial charge in [0.1, 0.15) is 0 Å². The van der Waals surface area contributed by atoms with E-state index >= 15 is 0 Å². The number of aliphatic hydroxyl groups excluding tert-OH is 1. The van der Waals surface area contributed by atoms with E-state index in [1.807, 2.05) is 18.8 Å². The second kappa shape index (κ2) is 5.58. The van der Waals surface area contributed by atoms with Crippen LogP contribution in [0.4, 0.5) is 5.13 Å². The van der Waals surface area contributed by atoms with E-state index in [0.29, 0.717) is 0 Å². The van der Waals surface area contributed by atoms with Crippen molar-refractivity contribution in [3.8, 4) is 0 Å². The Morgan fingerprint density at radius 3 is 2.93 bits per heavy atom. The zero-order valence-corrected chi connectivity index (χ0v) is 10.4. The van der Waals surface area contributed by atoms with E-state index in [-0.39, 0.29) is 0 Å². The molecule has 0 aliphatic rings. The van der Waals surface area contributed by atoms with E-state index in [4.69, 9.17) is 0 Å². The Morgan fingerprint density at radius 2 is 2.43 bits per heavy atom. The fourth-order valence-electron chi connectivity index (χ4n) is 0.970. The summed E-state index contributed by atoms with van der Waals surface area (Å²) in [5, 5.41) is 10.3. The lowest BCUT2D eigenvalue weighted by Crippen LogP contribution is -2.19. The van der Waals surface area contributed by atoms with Crippen LogP contribution in [0.15, 0.2) is 6.20 Å². The highest BCUT2D eigenvalue weighted by molar-refractivity contribution is 7.98. The van der Waals surface area contributed by atoms with Gasteiger partial charge in [-0.1, -0.05) is 11.3 Å². The summed E-state index contributed by atoms with van der Waals surface area (Å²) >= 11 is 3.38. The Bertz CT molecular complexity index is 276. The van der Waals surface area contributed by atoms with Gasteiger partial charge in [-0.2, -0.15) is 11.8 Å². The number of nitrogens with zero attached hydrogens (tertiary/aromatic N) is 2. The van der Waals surface area contributed by atoms with Crippen molar-refractivity contribution in [2.45, 2.75) is 13.0 Å². The molecule has 1 atom stereocenters. The summed E-state index contributed by atoms with van der Waals surface area (Å²) in [5.74, 6) is 1.10. The topological polar surface area (TPSA) is 36.4 Å². The number of anilines is 1. The molecule has 0 fully saturated rings. The molecule has 0 radical (unpaired) electrons. The minimum Gasteiger partial charge on any atom is -0.388 e. The molecule has 1 N–H and O–H groups in total. The highest BCUT2D eigenvalue weighted by atomic mass is 32.2. The first-order chi connectivity index (χ1) is 6.65. The Hall–Kier alpha value is -0.260. The Labute approximate surface area is 93.2 Å². The van der Waals surface area contributed by atoms with Crippen LogP contribution in [0.5, 0.6) is 0 Å². The highest BCUT2D eigenvalue weighted by Crippen LogP contribution is 2.26. The molecule has 0 aliphatic heterocycles. The van der Waals surface area contributed by atoms with Gasteiger partial charge in [0.05, 0.1) is 11.0 Å². The SMILES string of the molecule is CSCCN(C)c1ncc(C(C)O)s1. The molecule has 80 valence electrons. The second-order valence-corrected chi connectivity index (χ2v) is 5.16. The molecule has 0 spiro atoms. The maximum Gasteiger partial charge on any atom is 0.185 e. The monoisotopic (exact) mass is 232 g/mol. The third-order valence-electron chi connectivity index (χ3n) is 1.88. The zero-order chi connectivity index (χ0) is 10.6. The molecule has 1 aromatic rings. The van der Waals surface area contributed by atoms with Crippen LogP contribution in [-0.4, -0.2) is 35.7 Å². The Kier molecular flexibility index (Phi) is 4.71. The molecule has 0 bridgehead atoms. The van der Waals surface area contributed by atoms with Gasteiger partial charge in [0, 0.05) is 25.5 Å². The molecule has 0 aromatic carbocycles. The van der Waals surface area contributed by atoms with E-state index in [9.17, 15) is 5.11 Å². The van der Waals surface area contributed by atoms with Crippen LogP contribution in [0.3, 0.4) is 0 Å². The van der Waals surface area contributed by atoms with Gasteiger partial charge in [-0.15, -0.1) is 0 Å². The van der Waals surface area contributed by atoms with Crippen molar-refractivity contribution in [2.24, 2.45) is 0 Å². The minimum atomic E-state index is -0.407. The highest BCUT2D eigenvalue weighted by Gasteiger charge is 2.09. The van der Waals surface area contributed by atoms with Gasteiger partial charge in [0.25, 0.3) is 0 Å². The average Bonchev–Trinajstić information content (AvgIpc) is 2.62. The first kappa shape index (κ1) is 11.8. The lowest BCUT2D eigenvalue weighted by molar-refractivity contribution is 0.203. The predicted molar refractivity (Wildman–Crippen MR) is 64.4 cm³/mol. The fourth-order valence-corrected chi connectivity index (χ4v) is 2.27. The van der Waals surface area contributed by atoms with Gasteiger partial charge in [-0.3, -0.25) is 0 Å². The van der Waals surface area contributed by atoms with Crippen molar-refractivity contribution in [1.29, 1.82) is 0 Å². The molecule has 1 unspecified atom stereocenters. The van der Waals surface area contributed by atoms with Gasteiger partial charge in [-0.05, 0) is 13.2 Å². The van der Waals surface area contributed by atoms with Crippen LogP contribution < -0.4 is 4.90 Å². The Morgan fingerprint density at radius 1 is 1.71 bits per heavy atom. The number of rotatable bonds is 5. The van der Waals surface area contributed by atoms with Crippen molar-refractivity contribution in [1.82, 2.24) is 4.98 Å². The van der Waals surface area contributed by atoms with Crippen molar-refractivity contribution < 1.29 is 5.11 Å². The number of hydrogen-bond donors (Lipinski definition) is 1. The summed E-state index contributed by atoms with van der Waals surface area (Å²) in [4.78, 5) is 7.31. The van der Waals surface area contributed by atoms with Crippen molar-refractivity contribution in [2.75, 3.05) is 30.5 Å². The minimum absolute atomic E-state index is 0.407. The molecule has 0 amide bonds. The molecule has 0 saturated heterocycles. The van der Waals surface area contributed by atoms with Gasteiger partial charge < -0.3 is 10.0 Å². The van der Waals surface area contributed by atoms with Gasteiger partial charge >= 0.3 is 0 Å². The largest absolute Gasteiger partial charge is 0.388 e. The van der Waals surface area contributed by atoms with E-state index in [2.05, 4.69) is 16.1 Å². The number of aliphatic hydroxyl groups is 1. The second-order valence-electron chi connectivity index (χ2n) is 3.14. The van der Waals surface area contributed by atoms with Crippen LogP contribution in [0, 0.1) is 0 Å². The first-order valence-electron chi connectivity index (χ1n) is 4.49. The van der Waals surface area contributed by atoms with E-state index in [0.717, 1.165) is 22.3 Å². The summed E-state index contributed by atoms with van der Waals surface area (Å²) in [6.45, 7) is 2.76. The van der Waals surface area contributed by atoms with Crippen LogP contribution in [-0.2, 0) is 0 Å². The summed E-state index contributed by atoms with van der Waals surface area (Å²) in [6, 6.07) is 0. The van der Waals surface area contributed by atoms with Crippen LogP contribution in [0.25, 0.3) is 0 Å². The fraction of sp³-hybridized carbons (Fsp3) is 0.667. The molecule has 1 aromatic heterocycles. The van der Waals surface area contributed by atoms with Gasteiger partial charge in [-0.25, -0.2) is 4.98 Å². The summed E-state index contributed by atoms with van der Waals surface area (Å²) in [5.41, 5.74) is 0. The first-order valence-corrected chi connectivity index (χ1v) is 6.70. The number of thiazole rings is 1. The standard InChI is InChI=1S/C9H16N2OS2/c1-7(12)8-6-10-9(14-8)11(2)4-5-13-3/h6-7,12H,4-5H2,1-3H3. The molecular weight excluding hydrogens is 216 g/mol. The molecule has 0 aliphatic carbocycles. The molecule has 1 rings (SSSR count). The molecule has 1 heterocycles. The Balaban J connectivity index is 2.57. The molecule has 0 saturated carbocycles. The summed E-state index contributed by atoms with van der Waals surface area (Å²) in [6.07, 6.45) is 3.44. The molecule has 5 heteroatoms. The van der Waals surface area contributed by atoms with Crippen LogP contribution >= 0.6 is 23.1 Å². The van der Waals surface area contributed by atoms with E-state index < -0.39 is 6.10 Å². The third-order valence-corrected chi connectivity index (χ3v) is 3.75. The van der Waals surface area contributed by atoms with E-state index in [1.165, 1.54) is 0 Å². The number of thioether (sulfide) groups is 1. The quantitative estimate of drug-likeness (QED) is 0.842. The molecule has 3 nitrogen and oxygen atoms in total. The number of aromatic nitrogens is 1. The lowest BCUT2D eigenvalue weighted by Gasteiger charge is -2.14. The van der Waals surface area contributed by atoms with Gasteiger partial charge in [0.15, 0.2) is 5.13 Å². The van der Waals surface area contributed by atoms with Gasteiger partial charge in [0.2, 0.25) is 0 Å².